The van der Waals surface area contributed by atoms with Gasteiger partial charge in [-0.05, 0) is 26.0 Å². The van der Waals surface area contributed by atoms with Gasteiger partial charge in [-0.3, -0.25) is 14.7 Å². The molecule has 174 valence electrons. The molecule has 1 atom stereocenters. The van der Waals surface area contributed by atoms with Gasteiger partial charge in [0.15, 0.2) is 0 Å². The lowest BCUT2D eigenvalue weighted by Gasteiger charge is -2.41. The second-order valence-electron chi connectivity index (χ2n) is 8.07. The molecule has 10 heteroatoms. The summed E-state index contributed by atoms with van der Waals surface area (Å²) >= 11 is 12.7. The van der Waals surface area contributed by atoms with E-state index < -0.39 is 0 Å². The Morgan fingerprint density at radius 3 is 2.64 bits per heavy atom. The fourth-order valence-corrected chi connectivity index (χ4v) is 4.51. The molecular formula is C23H26Cl2N5O3+. The number of nitrogens with zero attached hydrogens (tertiary/aromatic N) is 5. The molecule has 0 spiro atoms. The maximum absolute atomic E-state index is 13.1. The van der Waals surface area contributed by atoms with Gasteiger partial charge in [0.1, 0.15) is 18.0 Å². The first-order valence-electron chi connectivity index (χ1n) is 10.6. The molecule has 1 aliphatic heterocycles. The topological polar surface area (TPSA) is 74.7 Å². The highest BCUT2D eigenvalue weighted by molar-refractivity contribution is 6.33. The van der Waals surface area contributed by atoms with Crippen LogP contribution in [0.1, 0.15) is 12.6 Å². The molecule has 1 fully saturated rings. The summed E-state index contributed by atoms with van der Waals surface area (Å²) < 4.78 is 7.92. The number of pyridine rings is 1. The number of benzene rings is 1. The van der Waals surface area contributed by atoms with Gasteiger partial charge in [-0.15, -0.1) is 0 Å². The van der Waals surface area contributed by atoms with Crippen LogP contribution >= 0.6 is 23.2 Å². The molecule has 1 aliphatic rings. The second-order valence-corrected chi connectivity index (χ2v) is 8.86. The van der Waals surface area contributed by atoms with E-state index in [-0.39, 0.29) is 18.5 Å². The van der Waals surface area contributed by atoms with E-state index in [9.17, 15) is 10.0 Å². The third-order valence-electron chi connectivity index (χ3n) is 5.95. The van der Waals surface area contributed by atoms with Crippen molar-refractivity contribution < 1.29 is 19.5 Å². The molecule has 0 unspecified atom stereocenters. The van der Waals surface area contributed by atoms with E-state index in [0.717, 1.165) is 21.7 Å². The van der Waals surface area contributed by atoms with Crippen molar-refractivity contribution in [1.82, 2.24) is 14.7 Å². The number of hydrogen-bond donors (Lipinski definition) is 1. The van der Waals surface area contributed by atoms with Crippen molar-refractivity contribution in [2.45, 2.75) is 26.4 Å². The maximum Gasteiger partial charge on any atom is 0.244 e. The van der Waals surface area contributed by atoms with Gasteiger partial charge in [0.05, 0.1) is 22.8 Å². The summed E-state index contributed by atoms with van der Waals surface area (Å²) in [5, 5.41) is 15.1. The molecule has 1 saturated heterocycles. The zero-order chi connectivity index (χ0) is 23.7. The third-order valence-corrected chi connectivity index (χ3v) is 6.72. The summed E-state index contributed by atoms with van der Waals surface area (Å²) in [6.07, 6.45) is 3.01. The standard InChI is InChI=1S/C23H26Cl2N5O3/c1-15-13-27(18-4-5-19(24)20(12-18)33-3)10-11-29(15)21(31)14-30-16(2)22(25)23(26-30)17-6-8-28(32)9-7-17/h4-9,12,15,32H,10-11,13-14H2,1-3H3/q+1/t15-/m0/s1. The van der Waals surface area contributed by atoms with E-state index in [1.807, 2.05) is 36.9 Å². The average Bonchev–Trinajstić information content (AvgIpc) is 3.08. The maximum atomic E-state index is 13.1. The van der Waals surface area contributed by atoms with Crippen molar-refractivity contribution in [3.63, 3.8) is 0 Å². The predicted octanol–water partition coefficient (Wildman–Crippen LogP) is 3.44. The molecule has 8 nitrogen and oxygen atoms in total. The number of piperazine rings is 1. The molecule has 1 aromatic carbocycles. The monoisotopic (exact) mass is 490 g/mol. The van der Waals surface area contributed by atoms with Crippen LogP contribution in [0.15, 0.2) is 42.7 Å². The van der Waals surface area contributed by atoms with Crippen LogP contribution in [-0.4, -0.2) is 58.6 Å². The van der Waals surface area contributed by atoms with Crippen molar-refractivity contribution in [3.05, 3.63) is 58.5 Å². The number of anilines is 1. The summed E-state index contributed by atoms with van der Waals surface area (Å²) in [6.45, 7) is 6.00. The van der Waals surface area contributed by atoms with Crippen LogP contribution in [0.25, 0.3) is 11.3 Å². The van der Waals surface area contributed by atoms with Crippen molar-refractivity contribution in [3.8, 4) is 17.0 Å². The minimum Gasteiger partial charge on any atom is -0.495 e. The van der Waals surface area contributed by atoms with Crippen LogP contribution in [-0.2, 0) is 11.3 Å². The SMILES string of the molecule is COc1cc(N2CCN(C(=O)Cn3nc(-c4cc[n+](O)cc4)c(Cl)c3C)[C@@H](C)C2)ccc1Cl. The van der Waals surface area contributed by atoms with Gasteiger partial charge in [-0.2, -0.15) is 5.10 Å². The highest BCUT2D eigenvalue weighted by atomic mass is 35.5. The molecule has 0 bridgehead atoms. The Morgan fingerprint density at radius 2 is 1.97 bits per heavy atom. The summed E-state index contributed by atoms with van der Waals surface area (Å²) in [4.78, 5) is 17.3. The Hall–Kier alpha value is -2.97. The van der Waals surface area contributed by atoms with E-state index in [1.165, 1.54) is 12.4 Å². The molecular weight excluding hydrogens is 465 g/mol. The minimum absolute atomic E-state index is 0.00841. The number of amides is 1. The van der Waals surface area contributed by atoms with Gasteiger partial charge in [0.2, 0.25) is 18.3 Å². The van der Waals surface area contributed by atoms with E-state index >= 15 is 0 Å². The molecule has 4 rings (SSSR count). The van der Waals surface area contributed by atoms with E-state index in [4.69, 9.17) is 27.9 Å². The van der Waals surface area contributed by atoms with Crippen LogP contribution in [0.3, 0.4) is 0 Å². The predicted molar refractivity (Wildman–Crippen MR) is 126 cm³/mol. The molecule has 0 aliphatic carbocycles. The van der Waals surface area contributed by atoms with Gasteiger partial charge < -0.3 is 14.5 Å². The van der Waals surface area contributed by atoms with Crippen molar-refractivity contribution >= 4 is 34.8 Å². The lowest BCUT2D eigenvalue weighted by atomic mass is 10.1. The van der Waals surface area contributed by atoms with Gasteiger partial charge >= 0.3 is 0 Å². The Bertz CT molecular complexity index is 1170. The van der Waals surface area contributed by atoms with E-state index in [0.29, 0.717) is 41.1 Å². The highest BCUT2D eigenvalue weighted by Gasteiger charge is 2.29. The number of carbonyl (C=O) groups is 1. The average molecular weight is 491 g/mol. The van der Waals surface area contributed by atoms with Gasteiger partial charge in [-0.25, -0.2) is 0 Å². The Kier molecular flexibility index (Phi) is 6.67. The van der Waals surface area contributed by atoms with Crippen molar-refractivity contribution in [2.75, 3.05) is 31.6 Å². The van der Waals surface area contributed by atoms with Crippen LogP contribution in [0.5, 0.6) is 5.75 Å². The number of hydrogen-bond acceptors (Lipinski definition) is 5. The summed E-state index contributed by atoms with van der Waals surface area (Å²) in [7, 11) is 1.60. The van der Waals surface area contributed by atoms with Crippen LogP contribution < -0.4 is 14.4 Å². The molecule has 2 aromatic heterocycles. The van der Waals surface area contributed by atoms with Crippen molar-refractivity contribution in [1.29, 1.82) is 0 Å². The summed E-state index contributed by atoms with van der Waals surface area (Å²) in [5.74, 6) is 0.625. The molecule has 3 heterocycles. The van der Waals surface area contributed by atoms with Crippen LogP contribution in [0, 0.1) is 6.92 Å². The Balaban J connectivity index is 1.45. The number of aromatic nitrogens is 3. The molecule has 0 radical (unpaired) electrons. The number of ether oxygens (including phenoxy) is 1. The molecule has 1 N–H and O–H groups in total. The van der Waals surface area contributed by atoms with E-state index in [2.05, 4.69) is 10.00 Å². The van der Waals surface area contributed by atoms with Crippen LogP contribution in [0.2, 0.25) is 10.0 Å². The van der Waals surface area contributed by atoms with Gasteiger partial charge in [0, 0.05) is 59.9 Å². The summed E-state index contributed by atoms with van der Waals surface area (Å²) in [6, 6.07) is 9.16. The van der Waals surface area contributed by atoms with Gasteiger partial charge in [-0.1, -0.05) is 23.2 Å². The summed E-state index contributed by atoms with van der Waals surface area (Å²) in [5.41, 5.74) is 3.08. The third kappa shape index (κ3) is 4.72. The quantitative estimate of drug-likeness (QED) is 0.437. The number of halogens is 2. The van der Waals surface area contributed by atoms with Gasteiger partial charge in [0.25, 0.3) is 0 Å². The normalized spacial score (nSPS) is 16.2. The number of carbonyl (C=O) groups excluding carboxylic acids is 1. The van der Waals surface area contributed by atoms with Crippen LogP contribution in [0.4, 0.5) is 5.69 Å². The molecule has 3 aromatic rings. The first-order chi connectivity index (χ1) is 15.8. The molecule has 33 heavy (non-hydrogen) atoms. The smallest absolute Gasteiger partial charge is 0.244 e. The first kappa shape index (κ1) is 23.2. The Morgan fingerprint density at radius 1 is 1.24 bits per heavy atom. The lowest BCUT2D eigenvalue weighted by molar-refractivity contribution is -0.904. The molecule has 0 saturated carbocycles. The zero-order valence-corrected chi connectivity index (χ0v) is 20.2. The lowest BCUT2D eigenvalue weighted by Crippen LogP contribution is -2.54. The second kappa shape index (κ2) is 9.49. The minimum atomic E-state index is -0.00841. The number of rotatable bonds is 5. The fourth-order valence-electron chi connectivity index (χ4n) is 4.07. The first-order valence-corrected chi connectivity index (χ1v) is 11.4. The fraction of sp³-hybridized carbons (Fsp3) is 0.348. The molecule has 1 amide bonds. The highest BCUT2D eigenvalue weighted by Crippen LogP contribution is 2.31. The Labute approximate surface area is 202 Å². The largest absolute Gasteiger partial charge is 0.495 e. The zero-order valence-electron chi connectivity index (χ0n) is 18.7. The van der Waals surface area contributed by atoms with E-state index in [1.54, 1.807) is 23.9 Å². The van der Waals surface area contributed by atoms with Crippen molar-refractivity contribution in [2.24, 2.45) is 0 Å². The number of methoxy groups -OCH3 is 1.